The highest BCUT2D eigenvalue weighted by molar-refractivity contribution is 8.14. The first-order valence-electron chi connectivity index (χ1n) is 18.4. The number of aromatic nitrogens is 4. The van der Waals surface area contributed by atoms with Crippen molar-refractivity contribution >= 4 is 69.1 Å². The molecule has 7 atom stereocenters. The van der Waals surface area contributed by atoms with E-state index >= 15 is 0 Å². The Morgan fingerprint density at radius 1 is 1.02 bits per heavy atom. The van der Waals surface area contributed by atoms with E-state index in [1.165, 1.54) is 19.9 Å². The number of aliphatic hydroxyl groups is 2. The standard InChI is InChI=1S/C32H52N7O17P3S/c1-4-5-6-7-8-9-10-11-12-23(41)60-16-15-34-22(40)13-14-35-30(44)27(43)32(2,3)18-53-59(50,51)56-58(48,49)52-17-21-26(55-57(45,46)47)25(42)31(54-21)39-20-38-24-28(33)36-19-37-29(24)39/h5-6,11-12,19-21,25-27,31,42-43H,4,7-10,13-18H2,1-3H3,(H,34,40)(H,35,44)(H,48,49)(H,50,51)(H2,33,36,37)(H2,45,46,47)/b6-5+,12-11+. The molecule has 2 aromatic rings. The second kappa shape index (κ2) is 23.5. The fourth-order valence-corrected chi connectivity index (χ4v) is 8.75. The molecule has 0 spiro atoms. The molecule has 0 aliphatic carbocycles. The molecule has 60 heavy (non-hydrogen) atoms. The van der Waals surface area contributed by atoms with E-state index in [4.69, 9.17) is 19.5 Å². The lowest BCUT2D eigenvalue weighted by Gasteiger charge is -2.30. The van der Waals surface area contributed by atoms with Gasteiger partial charge in [0, 0.05) is 30.7 Å². The average Bonchev–Trinajstić information content (AvgIpc) is 3.72. The highest BCUT2D eigenvalue weighted by Gasteiger charge is 2.50. The molecule has 1 saturated heterocycles. The smallest absolute Gasteiger partial charge is 0.386 e. The van der Waals surface area contributed by atoms with E-state index in [0.29, 0.717) is 5.75 Å². The van der Waals surface area contributed by atoms with E-state index in [1.54, 1.807) is 0 Å². The lowest BCUT2D eigenvalue weighted by atomic mass is 9.87. The number of phosphoric ester groups is 3. The SMILES string of the molecule is CC/C=C/CCCC/C=C/C(=O)SCCNC(=O)CCNC(=O)C(O)C(C)(C)COP(=O)(O)OP(=O)(O)OCC1OC(n2cnc3c(N)ncnc32)C(O)C1OP(=O)(O)O. The Morgan fingerprint density at radius 3 is 2.38 bits per heavy atom. The molecule has 0 aromatic carbocycles. The Balaban J connectivity index is 1.42. The van der Waals surface area contributed by atoms with Crippen LogP contribution in [0.15, 0.2) is 37.0 Å². The van der Waals surface area contributed by atoms with E-state index in [9.17, 15) is 57.9 Å². The number of carbonyl (C=O) groups excluding carboxylic acids is 3. The first kappa shape index (κ1) is 51.4. The number of thioether (sulfide) groups is 1. The van der Waals surface area contributed by atoms with Crippen LogP contribution in [0.3, 0.4) is 0 Å². The quantitative estimate of drug-likeness (QED) is 0.0281. The third kappa shape index (κ3) is 17.1. The topological polar surface area (TPSA) is 364 Å². The van der Waals surface area contributed by atoms with Gasteiger partial charge in [-0.3, -0.25) is 32.5 Å². The van der Waals surface area contributed by atoms with E-state index in [1.807, 2.05) is 6.08 Å². The molecular weight excluding hydrogens is 879 g/mol. The van der Waals surface area contributed by atoms with Crippen LogP contribution in [0.4, 0.5) is 5.82 Å². The highest BCUT2D eigenvalue weighted by atomic mass is 32.2. The van der Waals surface area contributed by atoms with Crippen molar-refractivity contribution < 1.29 is 80.5 Å². The number of ether oxygens (including phenoxy) is 1. The molecule has 1 aliphatic rings. The number of allylic oxidation sites excluding steroid dienone is 3. The number of nitrogens with two attached hydrogens (primary N) is 1. The zero-order valence-corrected chi connectivity index (χ0v) is 36.4. The molecule has 0 radical (unpaired) electrons. The molecule has 24 nitrogen and oxygen atoms in total. The van der Waals surface area contributed by atoms with Gasteiger partial charge < -0.3 is 50.9 Å². The van der Waals surface area contributed by atoms with E-state index in [0.717, 1.165) is 61.1 Å². The van der Waals surface area contributed by atoms with Crippen molar-refractivity contribution in [2.45, 2.75) is 89.9 Å². The number of nitrogens with one attached hydrogen (secondary N) is 2. The summed E-state index contributed by atoms with van der Waals surface area (Å²) in [5.74, 6) is -1.12. The fourth-order valence-electron chi connectivity index (χ4n) is 5.32. The van der Waals surface area contributed by atoms with Crippen molar-refractivity contribution in [2.24, 2.45) is 5.41 Å². The maximum Gasteiger partial charge on any atom is 0.481 e. The number of imidazole rings is 1. The summed E-state index contributed by atoms with van der Waals surface area (Å²) < 4.78 is 62.2. The van der Waals surface area contributed by atoms with Crippen molar-refractivity contribution in [1.82, 2.24) is 30.2 Å². The predicted molar refractivity (Wildman–Crippen MR) is 214 cm³/mol. The molecule has 1 fully saturated rings. The van der Waals surface area contributed by atoms with Crippen molar-refractivity contribution in [3.8, 4) is 0 Å². The van der Waals surface area contributed by atoms with Crippen LogP contribution in [-0.2, 0) is 50.7 Å². The van der Waals surface area contributed by atoms with Crippen LogP contribution in [-0.4, -0.2) is 123 Å². The maximum absolute atomic E-state index is 12.7. The second-order valence-corrected chi connectivity index (χ2v) is 19.1. The predicted octanol–water partition coefficient (Wildman–Crippen LogP) is 1.75. The molecule has 7 unspecified atom stereocenters. The van der Waals surface area contributed by atoms with Crippen molar-refractivity contribution in [3.63, 3.8) is 0 Å². The van der Waals surface area contributed by atoms with Crippen LogP contribution in [0.2, 0.25) is 0 Å². The van der Waals surface area contributed by atoms with Gasteiger partial charge in [-0.05, 0) is 38.2 Å². The minimum Gasteiger partial charge on any atom is -0.386 e. The molecule has 0 bridgehead atoms. The van der Waals surface area contributed by atoms with Crippen molar-refractivity contribution in [1.29, 1.82) is 0 Å². The van der Waals surface area contributed by atoms with Crippen LogP contribution in [0.5, 0.6) is 0 Å². The summed E-state index contributed by atoms with van der Waals surface area (Å²) in [5.41, 5.74) is 4.27. The van der Waals surface area contributed by atoms with Crippen LogP contribution in [0.25, 0.3) is 11.2 Å². The van der Waals surface area contributed by atoms with Gasteiger partial charge in [0.25, 0.3) is 0 Å². The molecular formula is C32H52N7O17P3S. The van der Waals surface area contributed by atoms with E-state index in [2.05, 4.69) is 53.5 Å². The second-order valence-electron chi connectivity index (χ2n) is 13.8. The van der Waals surface area contributed by atoms with Gasteiger partial charge in [0.15, 0.2) is 17.7 Å². The van der Waals surface area contributed by atoms with Gasteiger partial charge in [0.1, 0.15) is 36.3 Å². The number of amides is 2. The summed E-state index contributed by atoms with van der Waals surface area (Å²) in [6, 6.07) is 0. The first-order chi connectivity index (χ1) is 28.1. The van der Waals surface area contributed by atoms with Gasteiger partial charge in [0.05, 0.1) is 19.5 Å². The maximum atomic E-state index is 12.7. The number of hydrogen-bond acceptors (Lipinski definition) is 18. The first-order valence-corrected chi connectivity index (χ1v) is 23.9. The monoisotopic (exact) mass is 931 g/mol. The van der Waals surface area contributed by atoms with E-state index in [-0.39, 0.29) is 41.6 Å². The number of nitrogens with zero attached hydrogens (tertiary/aromatic N) is 4. The zero-order valence-electron chi connectivity index (χ0n) is 32.9. The van der Waals surface area contributed by atoms with Crippen LogP contribution in [0.1, 0.15) is 65.5 Å². The largest absolute Gasteiger partial charge is 0.481 e. The molecule has 28 heteroatoms. The number of aliphatic hydroxyl groups excluding tert-OH is 2. The van der Waals surface area contributed by atoms with Crippen LogP contribution >= 0.6 is 35.2 Å². The van der Waals surface area contributed by atoms with Gasteiger partial charge in [-0.15, -0.1) is 0 Å². The van der Waals surface area contributed by atoms with Crippen molar-refractivity contribution in [3.05, 3.63) is 37.0 Å². The third-order valence-electron chi connectivity index (χ3n) is 8.39. The van der Waals surface area contributed by atoms with Crippen LogP contribution in [0, 0.1) is 5.41 Å². The molecule has 2 aromatic heterocycles. The molecule has 3 heterocycles. The number of fused-ring (bicyclic) bond motifs is 1. The summed E-state index contributed by atoms with van der Waals surface area (Å²) in [6.07, 6.45) is 5.51. The molecule has 1 aliphatic heterocycles. The number of unbranched alkanes of at least 4 members (excludes halogenated alkanes) is 3. The Hall–Kier alpha value is -2.96. The third-order valence-corrected chi connectivity index (χ3v) is 12.3. The zero-order chi connectivity index (χ0) is 44.7. The molecule has 0 saturated carbocycles. The summed E-state index contributed by atoms with van der Waals surface area (Å²) >= 11 is 1.05. The average molecular weight is 932 g/mol. The fraction of sp³-hybridized carbons (Fsp3) is 0.625. The number of rotatable bonds is 26. The van der Waals surface area contributed by atoms with Gasteiger partial charge in [-0.2, -0.15) is 4.31 Å². The highest BCUT2D eigenvalue weighted by Crippen LogP contribution is 2.61. The van der Waals surface area contributed by atoms with Gasteiger partial charge in [-0.1, -0.05) is 50.8 Å². The lowest BCUT2D eigenvalue weighted by molar-refractivity contribution is -0.137. The molecule has 10 N–H and O–H groups in total. The van der Waals surface area contributed by atoms with Gasteiger partial charge >= 0.3 is 23.5 Å². The number of hydrogen-bond donors (Lipinski definition) is 9. The normalized spacial score (nSPS) is 21.3. The molecule has 338 valence electrons. The number of nitrogen functional groups attached to an aromatic ring is 1. The number of phosphoric acid groups is 3. The van der Waals surface area contributed by atoms with Gasteiger partial charge in [-0.25, -0.2) is 28.6 Å². The summed E-state index contributed by atoms with van der Waals surface area (Å²) in [7, 11) is -16.4. The Bertz CT molecular complexity index is 1960. The summed E-state index contributed by atoms with van der Waals surface area (Å²) in [6.45, 7) is 2.57. The minimum absolute atomic E-state index is 0.0305. The summed E-state index contributed by atoms with van der Waals surface area (Å²) in [5, 5.41) is 26.3. The van der Waals surface area contributed by atoms with E-state index < -0.39 is 84.6 Å². The Kier molecular flexibility index (Phi) is 20.1. The summed E-state index contributed by atoms with van der Waals surface area (Å²) in [4.78, 5) is 87.8. The molecule has 3 rings (SSSR count). The Morgan fingerprint density at radius 2 is 1.70 bits per heavy atom. The van der Waals surface area contributed by atoms with Crippen LogP contribution < -0.4 is 16.4 Å². The van der Waals surface area contributed by atoms with Gasteiger partial charge in [0.2, 0.25) is 16.9 Å². The lowest BCUT2D eigenvalue weighted by Crippen LogP contribution is -2.46. The molecule has 2 amide bonds. The Labute approximate surface area is 349 Å². The minimum atomic E-state index is -5.57. The number of anilines is 1. The number of carbonyl (C=O) groups is 3. The van der Waals surface area contributed by atoms with Crippen molar-refractivity contribution in [2.75, 3.05) is 37.8 Å².